The quantitative estimate of drug-likeness (QED) is 0.784. The van der Waals surface area contributed by atoms with Crippen LogP contribution < -0.4 is 5.32 Å². The highest BCUT2D eigenvalue weighted by Gasteiger charge is 2.07. The molecule has 0 aliphatic heterocycles. The lowest BCUT2D eigenvalue weighted by molar-refractivity contribution is 0.0963. The first-order valence-corrected chi connectivity index (χ1v) is 5.04. The number of aromatic nitrogens is 2. The van der Waals surface area contributed by atoms with Crippen LogP contribution in [0.3, 0.4) is 0 Å². The van der Waals surface area contributed by atoms with Crippen molar-refractivity contribution < 1.29 is 9.90 Å². The fourth-order valence-electron chi connectivity index (χ4n) is 1.64. The zero-order chi connectivity index (χ0) is 11.5. The lowest BCUT2D eigenvalue weighted by Crippen LogP contribution is -2.17. The molecular weight excluding hydrogens is 206 g/mol. The van der Waals surface area contributed by atoms with E-state index in [4.69, 9.17) is 5.11 Å². The number of nitrogens with one attached hydrogen (secondary N) is 1. The molecule has 0 bridgehead atoms. The van der Waals surface area contributed by atoms with Crippen molar-refractivity contribution in [3.05, 3.63) is 30.1 Å². The van der Waals surface area contributed by atoms with Crippen molar-refractivity contribution in [2.75, 3.05) is 13.7 Å². The SMILES string of the molecule is CNC(=O)c1ccc2c(c1)ncn2CCO. The number of rotatable bonds is 3. The van der Waals surface area contributed by atoms with Crippen LogP contribution in [0.5, 0.6) is 0 Å². The van der Waals surface area contributed by atoms with E-state index in [1.165, 1.54) is 0 Å². The van der Waals surface area contributed by atoms with Gasteiger partial charge in [0.05, 0.1) is 24.0 Å². The maximum atomic E-state index is 11.4. The summed E-state index contributed by atoms with van der Waals surface area (Å²) in [6.45, 7) is 0.582. The van der Waals surface area contributed by atoms with Crippen LogP contribution >= 0.6 is 0 Å². The largest absolute Gasteiger partial charge is 0.395 e. The molecule has 2 rings (SSSR count). The van der Waals surface area contributed by atoms with E-state index in [1.807, 2.05) is 10.6 Å². The Morgan fingerprint density at radius 2 is 2.38 bits per heavy atom. The second-order valence-electron chi connectivity index (χ2n) is 3.44. The molecule has 0 aliphatic carbocycles. The number of hydrogen-bond acceptors (Lipinski definition) is 3. The van der Waals surface area contributed by atoms with Crippen molar-refractivity contribution in [3.8, 4) is 0 Å². The predicted molar refractivity (Wildman–Crippen MR) is 60.2 cm³/mol. The fourth-order valence-corrected chi connectivity index (χ4v) is 1.64. The molecule has 1 heterocycles. The van der Waals surface area contributed by atoms with Gasteiger partial charge in [-0.2, -0.15) is 0 Å². The summed E-state index contributed by atoms with van der Waals surface area (Å²) in [4.78, 5) is 15.6. The van der Waals surface area contributed by atoms with E-state index in [1.54, 1.807) is 25.5 Å². The summed E-state index contributed by atoms with van der Waals surface area (Å²) >= 11 is 0. The molecule has 0 saturated heterocycles. The lowest BCUT2D eigenvalue weighted by atomic mass is 10.2. The van der Waals surface area contributed by atoms with Crippen molar-refractivity contribution >= 4 is 16.9 Å². The van der Waals surface area contributed by atoms with E-state index in [0.717, 1.165) is 11.0 Å². The summed E-state index contributed by atoms with van der Waals surface area (Å²) in [6.07, 6.45) is 1.66. The molecule has 1 aromatic carbocycles. The van der Waals surface area contributed by atoms with Crippen molar-refractivity contribution in [2.24, 2.45) is 0 Å². The number of aliphatic hydroxyl groups excluding tert-OH is 1. The minimum Gasteiger partial charge on any atom is -0.395 e. The first kappa shape index (κ1) is 10.6. The normalized spacial score (nSPS) is 10.6. The maximum absolute atomic E-state index is 11.4. The Bertz CT molecular complexity index is 519. The minimum atomic E-state index is -0.126. The number of nitrogens with zero attached hydrogens (tertiary/aromatic N) is 2. The molecule has 2 N–H and O–H groups in total. The molecule has 0 aliphatic rings. The third-order valence-electron chi connectivity index (χ3n) is 2.45. The number of benzene rings is 1. The Morgan fingerprint density at radius 3 is 3.06 bits per heavy atom. The van der Waals surface area contributed by atoms with Crippen LogP contribution in [0.15, 0.2) is 24.5 Å². The number of imidazole rings is 1. The molecule has 0 spiro atoms. The monoisotopic (exact) mass is 219 g/mol. The molecule has 2 aromatic rings. The second kappa shape index (κ2) is 4.32. The topological polar surface area (TPSA) is 67.2 Å². The highest BCUT2D eigenvalue weighted by Crippen LogP contribution is 2.14. The van der Waals surface area contributed by atoms with Gasteiger partial charge >= 0.3 is 0 Å². The number of hydrogen-bond donors (Lipinski definition) is 2. The summed E-state index contributed by atoms with van der Waals surface area (Å²) < 4.78 is 1.85. The summed E-state index contributed by atoms with van der Waals surface area (Å²) in [6, 6.07) is 5.32. The van der Waals surface area contributed by atoms with Gasteiger partial charge in [0.2, 0.25) is 0 Å². The van der Waals surface area contributed by atoms with Crippen LogP contribution in [0, 0.1) is 0 Å². The molecule has 84 valence electrons. The van der Waals surface area contributed by atoms with E-state index in [2.05, 4.69) is 10.3 Å². The Kier molecular flexibility index (Phi) is 2.87. The van der Waals surface area contributed by atoms with Gasteiger partial charge in [-0.1, -0.05) is 0 Å². The van der Waals surface area contributed by atoms with Gasteiger partial charge in [-0.05, 0) is 18.2 Å². The molecule has 16 heavy (non-hydrogen) atoms. The average molecular weight is 219 g/mol. The predicted octanol–water partition coefficient (Wildman–Crippen LogP) is 0.388. The van der Waals surface area contributed by atoms with Crippen molar-refractivity contribution in [2.45, 2.75) is 6.54 Å². The Labute approximate surface area is 92.7 Å². The molecule has 1 aromatic heterocycles. The summed E-state index contributed by atoms with van der Waals surface area (Å²) in [5.74, 6) is -0.126. The smallest absolute Gasteiger partial charge is 0.251 e. The van der Waals surface area contributed by atoms with Gasteiger partial charge in [-0.3, -0.25) is 4.79 Å². The molecule has 0 radical (unpaired) electrons. The third-order valence-corrected chi connectivity index (χ3v) is 2.45. The van der Waals surface area contributed by atoms with Crippen molar-refractivity contribution in [1.82, 2.24) is 14.9 Å². The van der Waals surface area contributed by atoms with Crippen LogP contribution in [-0.4, -0.2) is 34.2 Å². The Balaban J connectivity index is 2.44. The number of amides is 1. The second-order valence-corrected chi connectivity index (χ2v) is 3.44. The van der Waals surface area contributed by atoms with Gasteiger partial charge in [-0.25, -0.2) is 4.98 Å². The molecule has 0 unspecified atom stereocenters. The van der Waals surface area contributed by atoms with Gasteiger partial charge < -0.3 is 15.0 Å². The zero-order valence-electron chi connectivity index (χ0n) is 8.97. The van der Waals surface area contributed by atoms with E-state index in [-0.39, 0.29) is 12.5 Å². The fraction of sp³-hybridized carbons (Fsp3) is 0.273. The first-order chi connectivity index (χ1) is 7.76. The van der Waals surface area contributed by atoms with Crippen LogP contribution in [0.1, 0.15) is 10.4 Å². The average Bonchev–Trinajstić information content (AvgIpc) is 2.71. The molecular formula is C11H13N3O2. The number of carbonyl (C=O) groups is 1. The first-order valence-electron chi connectivity index (χ1n) is 5.04. The van der Waals surface area contributed by atoms with Crippen LogP contribution in [0.25, 0.3) is 11.0 Å². The van der Waals surface area contributed by atoms with Crippen LogP contribution in [-0.2, 0) is 6.54 Å². The van der Waals surface area contributed by atoms with Crippen molar-refractivity contribution in [1.29, 1.82) is 0 Å². The van der Waals surface area contributed by atoms with Gasteiger partial charge in [0.25, 0.3) is 5.91 Å². The zero-order valence-corrected chi connectivity index (χ0v) is 8.97. The van der Waals surface area contributed by atoms with E-state index < -0.39 is 0 Å². The Morgan fingerprint density at radius 1 is 1.56 bits per heavy atom. The molecule has 0 saturated carbocycles. The minimum absolute atomic E-state index is 0.0721. The van der Waals surface area contributed by atoms with Crippen LogP contribution in [0.4, 0.5) is 0 Å². The van der Waals surface area contributed by atoms with Gasteiger partial charge in [0.15, 0.2) is 0 Å². The van der Waals surface area contributed by atoms with Gasteiger partial charge in [-0.15, -0.1) is 0 Å². The molecule has 5 nitrogen and oxygen atoms in total. The number of aliphatic hydroxyl groups is 1. The van der Waals surface area contributed by atoms with E-state index in [9.17, 15) is 4.79 Å². The summed E-state index contributed by atoms with van der Waals surface area (Å²) in [7, 11) is 1.59. The lowest BCUT2D eigenvalue weighted by Gasteiger charge is -2.02. The number of carbonyl (C=O) groups excluding carboxylic acids is 1. The molecule has 0 fully saturated rings. The third kappa shape index (κ3) is 1.77. The van der Waals surface area contributed by atoms with Crippen LogP contribution in [0.2, 0.25) is 0 Å². The summed E-state index contributed by atoms with van der Waals surface area (Å²) in [5, 5.41) is 11.4. The standard InChI is InChI=1S/C11H13N3O2/c1-12-11(16)8-2-3-10-9(6-8)13-7-14(10)4-5-15/h2-3,6-7,15H,4-5H2,1H3,(H,12,16). The molecule has 1 amide bonds. The molecule has 0 atom stereocenters. The Hall–Kier alpha value is -1.88. The molecule has 5 heteroatoms. The highest BCUT2D eigenvalue weighted by molar-refractivity contribution is 5.97. The van der Waals surface area contributed by atoms with Gasteiger partial charge in [0.1, 0.15) is 0 Å². The van der Waals surface area contributed by atoms with E-state index >= 15 is 0 Å². The van der Waals surface area contributed by atoms with Crippen molar-refractivity contribution in [3.63, 3.8) is 0 Å². The van der Waals surface area contributed by atoms with E-state index in [0.29, 0.717) is 12.1 Å². The number of fused-ring (bicyclic) bond motifs is 1. The highest BCUT2D eigenvalue weighted by atomic mass is 16.3. The van der Waals surface area contributed by atoms with Gasteiger partial charge in [0, 0.05) is 19.2 Å². The maximum Gasteiger partial charge on any atom is 0.251 e. The summed E-state index contributed by atoms with van der Waals surface area (Å²) in [5.41, 5.74) is 2.26.